The number of rotatable bonds is 9. The van der Waals surface area contributed by atoms with Crippen molar-refractivity contribution in [3.05, 3.63) is 111 Å². The first-order chi connectivity index (χ1) is 18.5. The minimum Gasteiger partial charge on any atom is -0.489 e. The van der Waals surface area contributed by atoms with Crippen molar-refractivity contribution < 1.29 is 9.53 Å². The number of hydrogen-bond donors (Lipinski definition) is 1. The third kappa shape index (κ3) is 7.07. The van der Waals surface area contributed by atoms with Crippen LogP contribution in [0.3, 0.4) is 0 Å². The predicted octanol–water partition coefficient (Wildman–Crippen LogP) is 5.62. The van der Waals surface area contributed by atoms with E-state index >= 15 is 0 Å². The number of amides is 1. The van der Waals surface area contributed by atoms with Crippen molar-refractivity contribution in [1.82, 2.24) is 14.8 Å². The molecule has 38 heavy (non-hydrogen) atoms. The summed E-state index contributed by atoms with van der Waals surface area (Å²) in [6, 6.07) is 24.3. The number of nitrogens with one attached hydrogen (secondary N) is 1. The van der Waals surface area contributed by atoms with Gasteiger partial charge in [-0.2, -0.15) is 0 Å². The van der Waals surface area contributed by atoms with E-state index in [2.05, 4.69) is 70.5 Å². The molecule has 3 aromatic carbocycles. The molecular formula is C31H34N4O2S. The molecule has 1 fully saturated rings. The Kier molecular flexibility index (Phi) is 8.48. The number of carbonyl (C=O) groups excluding carboxylic acids is 1. The van der Waals surface area contributed by atoms with Gasteiger partial charge in [-0.1, -0.05) is 60.2 Å². The highest BCUT2D eigenvalue weighted by Gasteiger charge is 2.15. The van der Waals surface area contributed by atoms with Crippen molar-refractivity contribution in [2.75, 3.05) is 38.5 Å². The van der Waals surface area contributed by atoms with Gasteiger partial charge in [0.05, 0.1) is 5.01 Å². The number of hydrogen-bond acceptors (Lipinski definition) is 6. The van der Waals surface area contributed by atoms with Gasteiger partial charge in [-0.25, -0.2) is 4.98 Å². The summed E-state index contributed by atoms with van der Waals surface area (Å²) in [5, 5.41) is 5.78. The van der Waals surface area contributed by atoms with E-state index in [0.29, 0.717) is 24.4 Å². The maximum Gasteiger partial charge on any atom is 0.256 e. The van der Waals surface area contributed by atoms with Crippen LogP contribution in [0.1, 0.15) is 37.6 Å². The van der Waals surface area contributed by atoms with Gasteiger partial charge in [0, 0.05) is 55.7 Å². The van der Waals surface area contributed by atoms with Gasteiger partial charge in [-0.05, 0) is 43.3 Å². The second-order valence-corrected chi connectivity index (χ2v) is 10.9. The lowest BCUT2D eigenvalue weighted by molar-refractivity contribution is 0.102. The molecule has 0 spiro atoms. The van der Waals surface area contributed by atoms with E-state index < -0.39 is 0 Å². The SMILES string of the molecule is Cc1ccc(OCc2ccccc2)c(Cc2nc(NC(=O)c3ccc(CN4CCN(C)CC4)cc3)cs2)c1. The molecule has 1 N–H and O–H groups in total. The molecule has 0 aliphatic carbocycles. The monoisotopic (exact) mass is 526 g/mol. The van der Waals surface area contributed by atoms with Crippen molar-refractivity contribution >= 4 is 23.1 Å². The van der Waals surface area contributed by atoms with Crippen LogP contribution in [0.2, 0.25) is 0 Å². The fraction of sp³-hybridized carbons (Fsp3) is 0.290. The molecular weight excluding hydrogens is 492 g/mol. The van der Waals surface area contributed by atoms with Crippen LogP contribution in [-0.4, -0.2) is 53.9 Å². The molecule has 196 valence electrons. The standard InChI is InChI=1S/C31H34N4O2S/c1-23-8-13-28(37-21-25-6-4-3-5-7-25)27(18-23)19-30-32-29(22-38-30)33-31(36)26-11-9-24(10-12-26)20-35-16-14-34(2)15-17-35/h3-13,18,22H,14-17,19-21H2,1-2H3,(H,33,36). The molecule has 1 aliphatic rings. The summed E-state index contributed by atoms with van der Waals surface area (Å²) in [5.41, 5.74) is 5.25. The zero-order valence-corrected chi connectivity index (χ0v) is 22.8. The molecule has 7 heteroatoms. The highest BCUT2D eigenvalue weighted by atomic mass is 32.1. The van der Waals surface area contributed by atoms with Gasteiger partial charge in [-0.15, -0.1) is 11.3 Å². The molecule has 1 saturated heterocycles. The van der Waals surface area contributed by atoms with E-state index in [1.165, 1.54) is 11.1 Å². The lowest BCUT2D eigenvalue weighted by Crippen LogP contribution is -2.43. The number of nitrogens with zero attached hydrogens (tertiary/aromatic N) is 3. The number of likely N-dealkylation sites (N-methyl/N-ethyl adjacent to an activating group) is 1. The first-order valence-corrected chi connectivity index (χ1v) is 13.9. The molecule has 1 amide bonds. The normalized spacial score (nSPS) is 14.4. The zero-order valence-electron chi connectivity index (χ0n) is 22.0. The quantitative estimate of drug-likeness (QED) is 0.307. The van der Waals surface area contributed by atoms with Gasteiger partial charge in [0.25, 0.3) is 5.91 Å². The summed E-state index contributed by atoms with van der Waals surface area (Å²) in [6.07, 6.45) is 0.646. The van der Waals surface area contributed by atoms with Gasteiger partial charge >= 0.3 is 0 Å². The van der Waals surface area contributed by atoms with Crippen LogP contribution in [0.25, 0.3) is 0 Å². The van der Waals surface area contributed by atoms with Crippen molar-refractivity contribution in [3.63, 3.8) is 0 Å². The summed E-state index contributed by atoms with van der Waals surface area (Å²) in [4.78, 5) is 22.3. The average Bonchev–Trinajstić information content (AvgIpc) is 3.37. The van der Waals surface area contributed by atoms with Gasteiger partial charge in [0.15, 0.2) is 0 Å². The van der Waals surface area contributed by atoms with E-state index in [1.54, 1.807) is 11.3 Å². The summed E-state index contributed by atoms with van der Waals surface area (Å²) < 4.78 is 6.14. The second kappa shape index (κ2) is 12.3. The Bertz CT molecular complexity index is 1350. The third-order valence-corrected chi connectivity index (χ3v) is 7.66. The van der Waals surface area contributed by atoms with Crippen LogP contribution in [0.5, 0.6) is 5.75 Å². The smallest absolute Gasteiger partial charge is 0.256 e. The molecule has 0 bridgehead atoms. The Morgan fingerprint density at radius 2 is 1.74 bits per heavy atom. The predicted molar refractivity (Wildman–Crippen MR) is 154 cm³/mol. The number of thiazole rings is 1. The van der Waals surface area contributed by atoms with E-state index in [4.69, 9.17) is 4.74 Å². The summed E-state index contributed by atoms with van der Waals surface area (Å²) in [7, 11) is 2.16. The van der Waals surface area contributed by atoms with Crippen LogP contribution in [0.15, 0.2) is 78.2 Å². The summed E-state index contributed by atoms with van der Waals surface area (Å²) >= 11 is 1.54. The highest BCUT2D eigenvalue weighted by Crippen LogP contribution is 2.26. The van der Waals surface area contributed by atoms with Gasteiger partial charge < -0.3 is 15.0 Å². The summed E-state index contributed by atoms with van der Waals surface area (Å²) in [5.74, 6) is 1.29. The van der Waals surface area contributed by atoms with Crippen molar-refractivity contribution in [2.24, 2.45) is 0 Å². The lowest BCUT2D eigenvalue weighted by atomic mass is 10.1. The maximum atomic E-state index is 12.9. The molecule has 1 aliphatic heterocycles. The largest absolute Gasteiger partial charge is 0.489 e. The lowest BCUT2D eigenvalue weighted by Gasteiger charge is -2.32. The zero-order chi connectivity index (χ0) is 26.3. The number of benzene rings is 3. The number of anilines is 1. The highest BCUT2D eigenvalue weighted by molar-refractivity contribution is 7.10. The maximum absolute atomic E-state index is 12.9. The minimum atomic E-state index is -0.143. The van der Waals surface area contributed by atoms with Crippen molar-refractivity contribution in [2.45, 2.75) is 26.5 Å². The van der Waals surface area contributed by atoms with Gasteiger partial charge in [-0.3, -0.25) is 9.69 Å². The molecule has 4 aromatic rings. The molecule has 5 rings (SSSR count). The Labute approximate surface area is 228 Å². The number of aryl methyl sites for hydroxylation is 1. The Morgan fingerprint density at radius 3 is 2.50 bits per heavy atom. The summed E-state index contributed by atoms with van der Waals surface area (Å²) in [6.45, 7) is 7.87. The second-order valence-electron chi connectivity index (χ2n) is 9.92. The molecule has 0 radical (unpaired) electrons. The molecule has 0 unspecified atom stereocenters. The van der Waals surface area contributed by atoms with E-state index in [0.717, 1.165) is 54.6 Å². The number of ether oxygens (including phenoxy) is 1. The van der Waals surface area contributed by atoms with Crippen molar-refractivity contribution in [3.8, 4) is 5.75 Å². The number of piperazine rings is 1. The van der Waals surface area contributed by atoms with Crippen molar-refractivity contribution in [1.29, 1.82) is 0 Å². The van der Waals surface area contributed by atoms with E-state index in [-0.39, 0.29) is 5.91 Å². The van der Waals surface area contributed by atoms with Crippen LogP contribution < -0.4 is 10.1 Å². The van der Waals surface area contributed by atoms with Gasteiger partial charge in [0.1, 0.15) is 18.2 Å². The molecule has 2 heterocycles. The van der Waals surface area contributed by atoms with Crippen LogP contribution >= 0.6 is 11.3 Å². The van der Waals surface area contributed by atoms with Crippen LogP contribution in [0, 0.1) is 6.92 Å². The fourth-order valence-corrected chi connectivity index (χ4v) is 5.30. The van der Waals surface area contributed by atoms with Crippen LogP contribution in [-0.2, 0) is 19.6 Å². The molecule has 1 aromatic heterocycles. The average molecular weight is 527 g/mol. The van der Waals surface area contributed by atoms with E-state index in [9.17, 15) is 4.79 Å². The first kappa shape index (κ1) is 26.1. The molecule has 0 saturated carbocycles. The molecule has 6 nitrogen and oxygen atoms in total. The van der Waals surface area contributed by atoms with E-state index in [1.807, 2.05) is 41.8 Å². The number of aromatic nitrogens is 1. The third-order valence-electron chi connectivity index (χ3n) is 6.81. The Hall–Kier alpha value is -3.52. The molecule has 0 atom stereocenters. The first-order valence-electron chi connectivity index (χ1n) is 13.0. The van der Waals surface area contributed by atoms with Gasteiger partial charge in [0.2, 0.25) is 0 Å². The Balaban J connectivity index is 1.18. The minimum absolute atomic E-state index is 0.143. The fourth-order valence-electron chi connectivity index (χ4n) is 4.55. The number of carbonyl (C=O) groups is 1. The topological polar surface area (TPSA) is 57.7 Å². The van der Waals surface area contributed by atoms with Crippen LogP contribution in [0.4, 0.5) is 5.82 Å². The Morgan fingerprint density at radius 1 is 0.974 bits per heavy atom.